The molecule has 1 aromatic rings. The molecular formula is C13H15BrF3NOS. The smallest absolute Gasteiger partial charge is 0.350 e. The molecule has 0 bridgehead atoms. The van der Waals surface area contributed by atoms with Gasteiger partial charge < -0.3 is 5.32 Å². The minimum atomic E-state index is -4.56. The van der Waals surface area contributed by atoms with Crippen LogP contribution in [0, 0.1) is 0 Å². The maximum Gasteiger partial charge on any atom is 0.417 e. The van der Waals surface area contributed by atoms with Crippen molar-refractivity contribution in [2.75, 3.05) is 12.0 Å². The number of alkyl halides is 3. The third kappa shape index (κ3) is 5.01. The van der Waals surface area contributed by atoms with Crippen LogP contribution in [0.25, 0.3) is 0 Å². The van der Waals surface area contributed by atoms with Crippen molar-refractivity contribution in [2.24, 2.45) is 0 Å². The zero-order valence-electron chi connectivity index (χ0n) is 11.1. The van der Waals surface area contributed by atoms with Gasteiger partial charge in [0.25, 0.3) is 5.91 Å². The Morgan fingerprint density at radius 3 is 2.65 bits per heavy atom. The molecule has 7 heteroatoms. The molecule has 0 saturated carbocycles. The molecule has 0 heterocycles. The number of amides is 1. The lowest BCUT2D eigenvalue weighted by molar-refractivity contribution is -0.138. The predicted molar refractivity (Wildman–Crippen MR) is 79.1 cm³/mol. The van der Waals surface area contributed by atoms with Gasteiger partial charge in [0.15, 0.2) is 0 Å². The summed E-state index contributed by atoms with van der Waals surface area (Å²) in [6.45, 7) is 1.78. The second-order valence-electron chi connectivity index (χ2n) is 4.34. The summed E-state index contributed by atoms with van der Waals surface area (Å²) in [5.74, 6) is 0.145. The highest BCUT2D eigenvalue weighted by atomic mass is 79.9. The summed E-state index contributed by atoms with van der Waals surface area (Å²) in [5, 5.41) is 2.60. The standard InChI is InChI=1S/C13H15BrF3NOS/c1-8(5-6-20-2)18-12(19)10-4-3-9(14)7-11(10)13(15,16)17/h3-4,7-8H,5-6H2,1-2H3,(H,18,19). The van der Waals surface area contributed by atoms with Gasteiger partial charge in [0.05, 0.1) is 11.1 Å². The van der Waals surface area contributed by atoms with E-state index in [1.807, 2.05) is 6.26 Å². The number of carbonyl (C=O) groups is 1. The Morgan fingerprint density at radius 1 is 1.45 bits per heavy atom. The molecular weight excluding hydrogens is 355 g/mol. The monoisotopic (exact) mass is 369 g/mol. The van der Waals surface area contributed by atoms with E-state index in [4.69, 9.17) is 0 Å². The van der Waals surface area contributed by atoms with Crippen LogP contribution in [0.15, 0.2) is 22.7 Å². The molecule has 1 aromatic carbocycles. The van der Waals surface area contributed by atoms with E-state index >= 15 is 0 Å². The highest BCUT2D eigenvalue weighted by Gasteiger charge is 2.35. The van der Waals surface area contributed by atoms with E-state index in [1.54, 1.807) is 18.7 Å². The largest absolute Gasteiger partial charge is 0.417 e. The van der Waals surface area contributed by atoms with Crippen molar-refractivity contribution in [3.63, 3.8) is 0 Å². The van der Waals surface area contributed by atoms with Gasteiger partial charge in [-0.1, -0.05) is 15.9 Å². The van der Waals surface area contributed by atoms with Crippen LogP contribution in [0.5, 0.6) is 0 Å². The lowest BCUT2D eigenvalue weighted by Crippen LogP contribution is -2.34. The number of hydrogen-bond acceptors (Lipinski definition) is 2. The molecule has 0 aliphatic carbocycles. The molecule has 1 unspecified atom stereocenters. The Balaban J connectivity index is 2.93. The number of hydrogen-bond donors (Lipinski definition) is 1. The molecule has 0 aromatic heterocycles. The molecule has 0 radical (unpaired) electrons. The molecule has 1 rings (SSSR count). The fourth-order valence-corrected chi connectivity index (χ4v) is 2.57. The van der Waals surface area contributed by atoms with E-state index in [-0.39, 0.29) is 16.1 Å². The zero-order valence-corrected chi connectivity index (χ0v) is 13.5. The Labute approximate surface area is 128 Å². The second-order valence-corrected chi connectivity index (χ2v) is 6.24. The lowest BCUT2D eigenvalue weighted by Gasteiger charge is -2.16. The van der Waals surface area contributed by atoms with Crippen molar-refractivity contribution in [2.45, 2.75) is 25.6 Å². The fourth-order valence-electron chi connectivity index (χ4n) is 1.62. The molecule has 112 valence electrons. The van der Waals surface area contributed by atoms with Gasteiger partial charge in [0.2, 0.25) is 0 Å². The van der Waals surface area contributed by atoms with E-state index in [9.17, 15) is 18.0 Å². The number of rotatable bonds is 5. The number of thioether (sulfide) groups is 1. The zero-order chi connectivity index (χ0) is 15.3. The predicted octanol–water partition coefficient (Wildman–Crippen LogP) is 4.34. The van der Waals surface area contributed by atoms with Gasteiger partial charge in [-0.3, -0.25) is 4.79 Å². The third-order valence-corrected chi connectivity index (χ3v) is 3.80. The van der Waals surface area contributed by atoms with Gasteiger partial charge in [0.1, 0.15) is 0 Å². The van der Waals surface area contributed by atoms with Crippen LogP contribution in [0.1, 0.15) is 29.3 Å². The molecule has 0 fully saturated rings. The van der Waals surface area contributed by atoms with Crippen LogP contribution in [0.4, 0.5) is 13.2 Å². The van der Waals surface area contributed by atoms with E-state index in [0.29, 0.717) is 6.42 Å². The van der Waals surface area contributed by atoms with E-state index in [2.05, 4.69) is 21.2 Å². The van der Waals surface area contributed by atoms with Crippen molar-refractivity contribution in [1.29, 1.82) is 0 Å². The third-order valence-electron chi connectivity index (χ3n) is 2.66. The first kappa shape index (κ1) is 17.4. The average Bonchev–Trinajstić information content (AvgIpc) is 2.35. The van der Waals surface area contributed by atoms with E-state index < -0.39 is 17.6 Å². The number of nitrogens with one attached hydrogen (secondary N) is 1. The normalized spacial score (nSPS) is 13.1. The summed E-state index contributed by atoms with van der Waals surface area (Å²) in [7, 11) is 0. The first-order chi connectivity index (χ1) is 9.25. The first-order valence-electron chi connectivity index (χ1n) is 5.92. The summed E-state index contributed by atoms with van der Waals surface area (Å²) in [6, 6.07) is 3.36. The second kappa shape index (κ2) is 7.36. The van der Waals surface area contributed by atoms with Crippen molar-refractivity contribution in [3.05, 3.63) is 33.8 Å². The highest BCUT2D eigenvalue weighted by Crippen LogP contribution is 2.33. The maximum absolute atomic E-state index is 12.9. The van der Waals surface area contributed by atoms with E-state index in [1.165, 1.54) is 12.1 Å². The summed E-state index contributed by atoms with van der Waals surface area (Å²) in [4.78, 5) is 12.0. The fraction of sp³-hybridized carbons (Fsp3) is 0.462. The molecule has 0 aliphatic heterocycles. The van der Waals surface area contributed by atoms with Gasteiger partial charge in [-0.2, -0.15) is 24.9 Å². The maximum atomic E-state index is 12.9. The van der Waals surface area contributed by atoms with Gasteiger partial charge >= 0.3 is 6.18 Å². The van der Waals surface area contributed by atoms with Crippen LogP contribution < -0.4 is 5.32 Å². The van der Waals surface area contributed by atoms with Gasteiger partial charge in [-0.25, -0.2) is 0 Å². The van der Waals surface area contributed by atoms with Crippen LogP contribution in [0.3, 0.4) is 0 Å². The number of carbonyl (C=O) groups excluding carboxylic acids is 1. The molecule has 20 heavy (non-hydrogen) atoms. The average molecular weight is 370 g/mol. The lowest BCUT2D eigenvalue weighted by atomic mass is 10.1. The molecule has 1 amide bonds. The molecule has 1 atom stereocenters. The van der Waals surface area contributed by atoms with Crippen LogP contribution in [-0.2, 0) is 6.18 Å². The first-order valence-corrected chi connectivity index (χ1v) is 8.11. The topological polar surface area (TPSA) is 29.1 Å². The van der Waals surface area contributed by atoms with Gasteiger partial charge in [-0.15, -0.1) is 0 Å². The molecule has 2 nitrogen and oxygen atoms in total. The van der Waals surface area contributed by atoms with Crippen molar-refractivity contribution < 1.29 is 18.0 Å². The molecule has 0 saturated heterocycles. The van der Waals surface area contributed by atoms with Crippen LogP contribution >= 0.6 is 27.7 Å². The van der Waals surface area contributed by atoms with Crippen molar-refractivity contribution >= 4 is 33.6 Å². The van der Waals surface area contributed by atoms with Crippen molar-refractivity contribution in [3.8, 4) is 0 Å². The quantitative estimate of drug-likeness (QED) is 0.836. The van der Waals surface area contributed by atoms with Crippen LogP contribution in [-0.4, -0.2) is 24.0 Å². The number of halogens is 4. The van der Waals surface area contributed by atoms with E-state index in [0.717, 1.165) is 11.8 Å². The SMILES string of the molecule is CSCCC(C)NC(=O)c1ccc(Br)cc1C(F)(F)F. The minimum absolute atomic E-state index is 0.167. The summed E-state index contributed by atoms with van der Waals surface area (Å²) >= 11 is 4.61. The minimum Gasteiger partial charge on any atom is -0.350 e. The Hall–Kier alpha value is -0.690. The molecule has 0 aliphatic rings. The van der Waals surface area contributed by atoms with Gasteiger partial charge in [-0.05, 0) is 43.6 Å². The molecule has 1 N–H and O–H groups in total. The molecule has 0 spiro atoms. The highest BCUT2D eigenvalue weighted by molar-refractivity contribution is 9.10. The summed E-state index contributed by atoms with van der Waals surface area (Å²) in [6.07, 6.45) is -1.91. The van der Waals surface area contributed by atoms with Crippen molar-refractivity contribution in [1.82, 2.24) is 5.32 Å². The summed E-state index contributed by atoms with van der Waals surface area (Å²) < 4.78 is 39.1. The number of benzene rings is 1. The van der Waals surface area contributed by atoms with Gasteiger partial charge in [0, 0.05) is 10.5 Å². The Morgan fingerprint density at radius 2 is 2.10 bits per heavy atom. The summed E-state index contributed by atoms with van der Waals surface area (Å²) in [5.41, 5.74) is -1.28. The Bertz CT molecular complexity index is 479. The van der Waals surface area contributed by atoms with Crippen LogP contribution in [0.2, 0.25) is 0 Å². The Kier molecular flexibility index (Phi) is 6.39.